The summed E-state index contributed by atoms with van der Waals surface area (Å²) < 4.78 is 0.162. The molecular weight excluding hydrogens is 572 g/mol. The molecule has 14 heavy (non-hydrogen) atoms. The zero-order valence-electron chi connectivity index (χ0n) is 7.69. The Kier molecular flexibility index (Phi) is 5.28. The summed E-state index contributed by atoms with van der Waals surface area (Å²) in [5, 5.41) is 8.97. The molecule has 0 aromatic carbocycles. The van der Waals surface area contributed by atoms with Gasteiger partial charge in [0.05, 0.1) is 0 Å². The molecule has 1 atom stereocenters. The van der Waals surface area contributed by atoms with Crippen LogP contribution in [0.2, 0.25) is 1.04 Å². The van der Waals surface area contributed by atoms with E-state index in [1.165, 1.54) is 0 Å². The van der Waals surface area contributed by atoms with Crippen LogP contribution in [-0.2, 0) is 9.59 Å². The fraction of sp³-hybridized carbons (Fsp3) is 0.750. The van der Waals surface area contributed by atoms with Crippen LogP contribution in [0.3, 0.4) is 0 Å². The number of carbonyl (C=O) groups excluding carboxylic acids is 1. The summed E-state index contributed by atoms with van der Waals surface area (Å²) in [5.41, 5.74) is 0. The average Bonchev–Trinajstić information content (AvgIpc) is 2.16. The number of carboxylic acid groups (broad SMARTS) is 1. The van der Waals surface area contributed by atoms with Gasteiger partial charge in [-0.15, -0.1) is 0 Å². The van der Waals surface area contributed by atoms with Crippen molar-refractivity contribution in [3.63, 3.8) is 0 Å². The predicted molar refractivity (Wildman–Crippen MR) is 52.2 cm³/mol. The number of piperidine rings is 1. The van der Waals surface area contributed by atoms with Crippen molar-refractivity contribution in [2.75, 3.05) is 6.54 Å². The summed E-state index contributed by atoms with van der Waals surface area (Å²) in [4.78, 5) is 24.2. The molecule has 4 nitrogen and oxygen atoms in total. The standard InChI is InChI=1S/C8H11NO3.2Pb/c1-6(10)9-5-3-2-4-7(9)8(11)12;;/h1,7H,2-5H2,(H,11,12);;. The Labute approximate surface area is 115 Å². The molecule has 0 aromatic heterocycles. The molecule has 0 spiro atoms. The first-order chi connectivity index (χ1) is 6.54. The molecule has 74 valence electrons. The number of nitrogens with zero attached hydrogens (tertiary/aromatic N) is 1. The Morgan fingerprint density at radius 2 is 2.00 bits per heavy atom. The molecular formula is C8H11NO3Pb2. The average molecular weight is 584 g/mol. The van der Waals surface area contributed by atoms with Crippen molar-refractivity contribution in [3.8, 4) is 0 Å². The van der Waals surface area contributed by atoms with Gasteiger partial charge in [-0.2, -0.15) is 0 Å². The summed E-state index contributed by atoms with van der Waals surface area (Å²) in [6, 6.07) is -0.554. The van der Waals surface area contributed by atoms with Gasteiger partial charge < -0.3 is 0 Å². The first-order valence-electron chi connectivity index (χ1n) is 4.49. The minimum atomic E-state index is -0.845. The molecule has 1 amide bonds. The van der Waals surface area contributed by atoms with Crippen LogP contribution < -0.4 is 0 Å². The van der Waals surface area contributed by atoms with E-state index in [-0.39, 0.29) is 6.94 Å². The van der Waals surface area contributed by atoms with E-state index in [2.05, 4.69) is 0 Å². The molecule has 0 aliphatic carbocycles. The number of hydrogen-bond acceptors (Lipinski definition) is 2. The molecule has 1 aliphatic rings. The molecule has 0 aromatic rings. The number of aliphatic carboxylic acids is 1. The van der Waals surface area contributed by atoms with Gasteiger partial charge in [-0.05, 0) is 0 Å². The number of carboxylic acids is 1. The number of rotatable bonds is 2. The van der Waals surface area contributed by atoms with Crippen molar-refractivity contribution in [2.24, 2.45) is 0 Å². The van der Waals surface area contributed by atoms with Gasteiger partial charge in [-0.25, -0.2) is 0 Å². The summed E-state index contributed by atoms with van der Waals surface area (Å²) in [6.07, 6.45) is 2.50. The molecule has 1 aliphatic heterocycles. The van der Waals surface area contributed by atoms with Gasteiger partial charge in [-0.1, -0.05) is 0 Å². The van der Waals surface area contributed by atoms with E-state index in [0.717, 1.165) is 64.4 Å². The molecule has 0 bridgehead atoms. The molecule has 6 radical (unpaired) electrons. The van der Waals surface area contributed by atoms with Crippen LogP contribution in [0.25, 0.3) is 0 Å². The summed E-state index contributed by atoms with van der Waals surface area (Å²) >= 11 is 1.70. The second kappa shape index (κ2) is 5.76. The Morgan fingerprint density at radius 3 is 2.50 bits per heavy atom. The third-order valence-electron chi connectivity index (χ3n) is 2.32. The fourth-order valence-corrected chi connectivity index (χ4v) is 2.91. The van der Waals surface area contributed by atoms with Crippen LogP contribution in [-0.4, -0.2) is 86.0 Å². The SMILES string of the molecule is O=C(O)C1CCCCN1C(=O)[CH]([Pb])[Pb]. The van der Waals surface area contributed by atoms with Crippen molar-refractivity contribution >= 4 is 63.4 Å². The molecule has 1 N–H and O–H groups in total. The van der Waals surface area contributed by atoms with Crippen LogP contribution in [0.15, 0.2) is 0 Å². The molecule has 6 heteroatoms. The van der Waals surface area contributed by atoms with Gasteiger partial charge in [0.25, 0.3) is 0 Å². The number of amides is 1. The van der Waals surface area contributed by atoms with Crippen LogP contribution in [0.1, 0.15) is 19.3 Å². The van der Waals surface area contributed by atoms with Crippen LogP contribution in [0, 0.1) is 0 Å². The maximum absolute atomic E-state index is 11.7. The predicted octanol–water partition coefficient (Wildman–Crippen LogP) is -0.465. The molecule has 1 unspecified atom stereocenters. The van der Waals surface area contributed by atoms with Crippen LogP contribution >= 0.6 is 0 Å². The van der Waals surface area contributed by atoms with Crippen molar-refractivity contribution in [1.82, 2.24) is 4.90 Å². The normalized spacial score (nSPS) is 22.5. The minimum absolute atomic E-state index is 0.0791. The van der Waals surface area contributed by atoms with Crippen LogP contribution in [0.4, 0.5) is 0 Å². The first kappa shape index (κ1) is 12.9. The number of hydrogen-bond donors (Lipinski definition) is 1. The molecule has 1 heterocycles. The second-order valence-electron chi connectivity index (χ2n) is 3.31. The van der Waals surface area contributed by atoms with Gasteiger partial charge in [0.1, 0.15) is 0 Å². The van der Waals surface area contributed by atoms with E-state index in [4.69, 9.17) is 5.11 Å². The van der Waals surface area contributed by atoms with E-state index < -0.39 is 12.0 Å². The first-order valence-corrected chi connectivity index (χ1v) is 8.98. The Bertz CT molecular complexity index is 245. The summed E-state index contributed by atoms with van der Waals surface area (Å²) in [7, 11) is 0. The quantitative estimate of drug-likeness (QED) is 0.448. The van der Waals surface area contributed by atoms with E-state index >= 15 is 0 Å². The molecule has 1 fully saturated rings. The maximum atomic E-state index is 11.7. The van der Waals surface area contributed by atoms with Gasteiger partial charge in [0.2, 0.25) is 0 Å². The van der Waals surface area contributed by atoms with Crippen molar-refractivity contribution < 1.29 is 14.7 Å². The summed E-state index contributed by atoms with van der Waals surface area (Å²) in [6.45, 7) is 0.636. The monoisotopic (exact) mass is 585 g/mol. The zero-order chi connectivity index (χ0) is 10.7. The number of carbonyl (C=O) groups is 2. The van der Waals surface area contributed by atoms with Crippen molar-refractivity contribution in [2.45, 2.75) is 26.3 Å². The van der Waals surface area contributed by atoms with E-state index in [1.807, 2.05) is 0 Å². The van der Waals surface area contributed by atoms with E-state index in [1.54, 1.807) is 4.90 Å². The molecule has 1 rings (SSSR count). The summed E-state index contributed by atoms with van der Waals surface area (Å²) in [5.74, 6) is -0.766. The van der Waals surface area contributed by atoms with Crippen molar-refractivity contribution in [1.29, 1.82) is 0 Å². The fourth-order valence-electron chi connectivity index (χ4n) is 1.62. The third-order valence-corrected chi connectivity index (χ3v) is 4.24. The van der Waals surface area contributed by atoms with Gasteiger partial charge >= 0.3 is 116 Å². The van der Waals surface area contributed by atoms with Gasteiger partial charge in [0, 0.05) is 0 Å². The Balaban J connectivity index is 2.72. The third kappa shape index (κ3) is 3.14. The van der Waals surface area contributed by atoms with Crippen molar-refractivity contribution in [3.05, 3.63) is 0 Å². The Hall–Kier alpha value is 0.784. The topological polar surface area (TPSA) is 57.6 Å². The van der Waals surface area contributed by atoms with Crippen LogP contribution in [0.5, 0.6) is 0 Å². The second-order valence-corrected chi connectivity index (χ2v) is 16.5. The Morgan fingerprint density at radius 1 is 1.36 bits per heavy atom. The van der Waals surface area contributed by atoms with E-state index in [0.29, 0.717) is 13.0 Å². The molecule has 1 saturated heterocycles. The van der Waals surface area contributed by atoms with Gasteiger partial charge in [-0.3, -0.25) is 0 Å². The van der Waals surface area contributed by atoms with E-state index in [9.17, 15) is 9.59 Å². The van der Waals surface area contributed by atoms with Gasteiger partial charge in [0.15, 0.2) is 0 Å². The molecule has 0 saturated carbocycles. The number of likely N-dealkylation sites (tertiary alicyclic amines) is 1. The zero-order valence-corrected chi connectivity index (χ0v) is 15.5.